The minimum Gasteiger partial charge on any atom is -0.453 e. The normalized spacial score (nSPS) is 19.7. The van der Waals surface area contributed by atoms with E-state index in [2.05, 4.69) is 10.1 Å². The van der Waals surface area contributed by atoms with E-state index in [1.54, 1.807) is 28.5 Å². The largest absolute Gasteiger partial charge is 0.453 e. The van der Waals surface area contributed by atoms with Crippen LogP contribution >= 0.6 is 11.3 Å². The number of Topliss-reactive ketones (excluding diaryl/α,β-unsaturated/α-hetero) is 2. The molecule has 358 valence electrons. The van der Waals surface area contributed by atoms with Crippen molar-refractivity contribution in [1.29, 1.82) is 0 Å². The number of aromatic nitrogens is 3. The number of rotatable bonds is 15. The maximum Gasteiger partial charge on any atom is 0.303 e. The topological polar surface area (TPSA) is 193 Å². The lowest BCUT2D eigenvalue weighted by Gasteiger charge is -2.35. The lowest BCUT2D eigenvalue weighted by atomic mass is 9.98. The number of ketones is 2. The number of aryl methyl sites for hydroxylation is 4. The van der Waals surface area contributed by atoms with Crippen molar-refractivity contribution in [3.05, 3.63) is 119 Å². The fourth-order valence-corrected chi connectivity index (χ4v) is 10.3. The molecule has 3 aromatic carbocycles. The van der Waals surface area contributed by atoms with Gasteiger partial charge in [-0.2, -0.15) is 5.10 Å². The van der Waals surface area contributed by atoms with E-state index in [1.165, 1.54) is 23.6 Å². The summed E-state index contributed by atoms with van der Waals surface area (Å²) in [5.74, 6) is -1.75. The lowest BCUT2D eigenvalue weighted by molar-refractivity contribution is -0.158. The van der Waals surface area contributed by atoms with Gasteiger partial charge in [0.2, 0.25) is 5.91 Å². The summed E-state index contributed by atoms with van der Waals surface area (Å²) in [4.78, 5) is 86.7. The summed E-state index contributed by atoms with van der Waals surface area (Å²) in [6.45, 7) is 9.05. The maximum absolute atomic E-state index is 13.8. The first-order valence-corrected chi connectivity index (χ1v) is 24.0. The third-order valence-corrected chi connectivity index (χ3v) is 14.0. The Balaban J connectivity index is 0.000000207. The molecule has 68 heavy (non-hydrogen) atoms. The van der Waals surface area contributed by atoms with Gasteiger partial charge < -0.3 is 29.6 Å². The molecule has 0 aliphatic carbocycles. The average Bonchev–Trinajstić information content (AvgIpc) is 4.17. The molecule has 2 N–H and O–H groups in total. The molecule has 5 aromatic rings. The van der Waals surface area contributed by atoms with E-state index in [-0.39, 0.29) is 68.1 Å². The summed E-state index contributed by atoms with van der Waals surface area (Å²) in [5.41, 5.74) is 9.56. The Hall–Kier alpha value is -6.36. The van der Waals surface area contributed by atoms with Crippen molar-refractivity contribution in [1.82, 2.24) is 29.5 Å². The zero-order valence-corrected chi connectivity index (χ0v) is 40.2. The number of amides is 3. The number of esters is 1. The van der Waals surface area contributed by atoms with Gasteiger partial charge in [0.25, 0.3) is 11.8 Å². The van der Waals surface area contributed by atoms with Crippen LogP contribution in [0.4, 0.5) is 0 Å². The van der Waals surface area contributed by atoms with Crippen LogP contribution in [0.5, 0.6) is 0 Å². The molecule has 3 aliphatic heterocycles. The van der Waals surface area contributed by atoms with Gasteiger partial charge in [0.05, 0.1) is 46.1 Å². The number of hydrogen-bond donors (Lipinski definition) is 2. The zero-order valence-electron chi connectivity index (χ0n) is 39.4. The molecule has 0 unspecified atom stereocenters. The molecule has 0 radical (unpaired) electrons. The molecule has 0 bridgehead atoms. The van der Waals surface area contributed by atoms with Gasteiger partial charge >= 0.3 is 5.97 Å². The summed E-state index contributed by atoms with van der Waals surface area (Å²) in [7, 11) is 1.90. The van der Waals surface area contributed by atoms with E-state index in [1.807, 2.05) is 111 Å². The standard InChI is InChI=1S/C30H34N4O4.C22H26N2O5S/c1-19(2)28(34-17-22-6-4-5-7-24(22)29(34)37)30(38)33-18-23(35)16-26(33)27(36)13-10-20-8-11-21(12-9-20)25-14-15-31-32(25)3;1-13-21(30-12-23-13)17-7-4-16(5-8-17)6-9-20(27)19-10-18(26)11-24(19)22(28)14(2)29-15(3)25/h4-9,11-12,14-15,19,23,26,28,35H,10,13,16-18H2,1-3H3;4-5,7-8,12,14,18-19,26H,6,9-11H2,1-3H3/t23-,26+,28+;14-,18+,19-/m10/s1. The molecule has 5 heterocycles. The molecule has 2 saturated heterocycles. The van der Waals surface area contributed by atoms with E-state index in [4.69, 9.17) is 4.74 Å². The number of carbonyl (C=O) groups is 6. The Labute approximate surface area is 400 Å². The first-order chi connectivity index (χ1) is 32.5. The number of β-amino-alcohol motifs (C(OH)–C–C–N with tert-alkyl or cyclic N) is 2. The van der Waals surface area contributed by atoms with Crippen LogP contribution in [0.1, 0.15) is 86.1 Å². The van der Waals surface area contributed by atoms with Crippen LogP contribution < -0.4 is 0 Å². The van der Waals surface area contributed by atoms with Crippen molar-refractivity contribution < 1.29 is 43.7 Å². The molecule has 15 nitrogen and oxygen atoms in total. The molecule has 3 amide bonds. The lowest BCUT2D eigenvalue weighted by Crippen LogP contribution is -2.54. The van der Waals surface area contributed by atoms with Gasteiger partial charge in [-0.1, -0.05) is 80.6 Å². The van der Waals surface area contributed by atoms with Gasteiger partial charge in [-0.3, -0.25) is 33.4 Å². The predicted molar refractivity (Wildman–Crippen MR) is 256 cm³/mol. The molecule has 2 aromatic heterocycles. The minimum atomic E-state index is -0.981. The fourth-order valence-electron chi connectivity index (χ4n) is 9.48. The van der Waals surface area contributed by atoms with Crippen molar-refractivity contribution in [3.8, 4) is 21.7 Å². The molecular formula is C52H60N6O9S. The highest BCUT2D eigenvalue weighted by Crippen LogP contribution is 2.32. The highest BCUT2D eigenvalue weighted by molar-refractivity contribution is 7.13. The van der Waals surface area contributed by atoms with E-state index in [9.17, 15) is 39.0 Å². The second-order valence-electron chi connectivity index (χ2n) is 18.3. The Morgan fingerprint density at radius 3 is 1.84 bits per heavy atom. The second kappa shape index (κ2) is 21.7. The highest BCUT2D eigenvalue weighted by Gasteiger charge is 2.46. The number of hydrogen-bond acceptors (Lipinski definition) is 12. The number of ether oxygens (including phenoxy) is 1. The van der Waals surface area contributed by atoms with Crippen LogP contribution in [0.3, 0.4) is 0 Å². The Morgan fingerprint density at radius 1 is 0.779 bits per heavy atom. The molecule has 8 rings (SSSR count). The number of aliphatic hydroxyl groups excluding tert-OH is 2. The van der Waals surface area contributed by atoms with Crippen LogP contribution in [0, 0.1) is 12.8 Å². The molecule has 0 spiro atoms. The van der Waals surface area contributed by atoms with Crippen molar-refractivity contribution in [3.63, 3.8) is 0 Å². The van der Waals surface area contributed by atoms with Crippen LogP contribution in [0.15, 0.2) is 90.6 Å². The van der Waals surface area contributed by atoms with E-state index in [0.29, 0.717) is 24.9 Å². The van der Waals surface area contributed by atoms with Gasteiger partial charge in [-0.05, 0) is 72.6 Å². The highest BCUT2D eigenvalue weighted by atomic mass is 32.1. The Bertz CT molecular complexity index is 2620. The van der Waals surface area contributed by atoms with Gasteiger partial charge in [0.15, 0.2) is 17.7 Å². The van der Waals surface area contributed by atoms with Crippen LogP contribution in [-0.4, -0.2) is 124 Å². The number of benzene rings is 3. The molecule has 0 saturated carbocycles. The number of likely N-dealkylation sites (tertiary alicyclic amines) is 2. The predicted octanol–water partition coefficient (Wildman–Crippen LogP) is 5.76. The molecule has 16 heteroatoms. The average molecular weight is 945 g/mol. The first kappa shape index (κ1) is 49.5. The monoisotopic (exact) mass is 944 g/mol. The van der Waals surface area contributed by atoms with Crippen molar-refractivity contribution in [2.75, 3.05) is 13.1 Å². The van der Waals surface area contributed by atoms with Crippen molar-refractivity contribution in [2.45, 2.75) is 116 Å². The summed E-state index contributed by atoms with van der Waals surface area (Å²) < 4.78 is 6.75. The number of fused-ring (bicyclic) bond motifs is 1. The summed E-state index contributed by atoms with van der Waals surface area (Å²) in [5, 5.41) is 24.7. The quantitative estimate of drug-likeness (QED) is 0.121. The van der Waals surface area contributed by atoms with Gasteiger partial charge in [0.1, 0.15) is 6.04 Å². The van der Waals surface area contributed by atoms with E-state index < -0.39 is 48.3 Å². The molecular weight excluding hydrogens is 885 g/mol. The van der Waals surface area contributed by atoms with Gasteiger partial charge in [-0.15, -0.1) is 11.3 Å². The molecule has 3 aliphatic rings. The third kappa shape index (κ3) is 11.3. The van der Waals surface area contributed by atoms with Crippen molar-refractivity contribution >= 4 is 46.6 Å². The van der Waals surface area contributed by atoms with Crippen LogP contribution in [-0.2, 0) is 55.1 Å². The molecule has 6 atom stereocenters. The Kier molecular flexibility index (Phi) is 15.8. The summed E-state index contributed by atoms with van der Waals surface area (Å²) >= 11 is 1.59. The second-order valence-corrected chi connectivity index (χ2v) is 19.1. The number of nitrogens with zero attached hydrogens (tertiary/aromatic N) is 6. The number of carbonyl (C=O) groups excluding carboxylic acids is 6. The molecule has 2 fully saturated rings. The Morgan fingerprint density at radius 2 is 1.34 bits per heavy atom. The first-order valence-electron chi connectivity index (χ1n) is 23.2. The maximum atomic E-state index is 13.8. The zero-order chi connectivity index (χ0) is 48.8. The van der Waals surface area contributed by atoms with Gasteiger partial charge in [-0.25, -0.2) is 4.98 Å². The minimum absolute atomic E-state index is 0.0656. The SMILES string of the molecule is CC(=O)O[C@@H](C)C(=O)N1C[C@H](O)C[C@H]1C(=O)CCc1ccc(-c2scnc2C)cc1.CC(C)[C@@H](C(=O)N1C[C@H](O)C[C@H]1C(=O)CCc1ccc(-c2ccnn2C)cc1)N1Cc2ccccc2C1=O. The van der Waals surface area contributed by atoms with E-state index in [0.717, 1.165) is 44.1 Å². The third-order valence-electron chi connectivity index (χ3n) is 13.0. The summed E-state index contributed by atoms with van der Waals surface area (Å²) in [6, 6.07) is 23.4. The smallest absolute Gasteiger partial charge is 0.303 e. The number of aliphatic hydroxyl groups is 2. The van der Waals surface area contributed by atoms with Gasteiger partial charge in [0, 0.05) is 71.0 Å². The van der Waals surface area contributed by atoms with Crippen molar-refractivity contribution in [2.24, 2.45) is 13.0 Å². The fraction of sp³-hybridized carbons (Fsp3) is 0.423. The van der Waals surface area contributed by atoms with Crippen LogP contribution in [0.25, 0.3) is 21.7 Å². The van der Waals surface area contributed by atoms with Crippen LogP contribution in [0.2, 0.25) is 0 Å². The summed E-state index contributed by atoms with van der Waals surface area (Å²) in [6.07, 6.45) is 1.33. The van der Waals surface area contributed by atoms with E-state index >= 15 is 0 Å². The number of thiazole rings is 1.